The Labute approximate surface area is 215 Å². The first-order chi connectivity index (χ1) is 17.6. The van der Waals surface area contributed by atoms with Crippen LogP contribution in [0.4, 0.5) is 4.39 Å². The number of carbonyl (C=O) groups is 2. The fourth-order valence-corrected chi connectivity index (χ4v) is 6.80. The molecule has 3 atom stereocenters. The average molecular weight is 525 g/mol. The molecule has 0 saturated carbocycles. The van der Waals surface area contributed by atoms with Gasteiger partial charge in [0, 0.05) is 33.2 Å². The number of nitrogens with one attached hydrogen (secondary N) is 1. The van der Waals surface area contributed by atoms with Crippen molar-refractivity contribution in [2.45, 2.75) is 62.9 Å². The summed E-state index contributed by atoms with van der Waals surface area (Å²) in [6.45, 7) is 4.90. The molecule has 9 nitrogen and oxygen atoms in total. The van der Waals surface area contributed by atoms with Crippen LogP contribution in [-0.4, -0.2) is 38.3 Å². The molecule has 11 heteroatoms. The van der Waals surface area contributed by atoms with E-state index in [9.17, 15) is 23.9 Å². The molecule has 192 valence electrons. The van der Waals surface area contributed by atoms with Gasteiger partial charge >= 0.3 is 5.97 Å². The summed E-state index contributed by atoms with van der Waals surface area (Å²) in [6, 6.07) is 1.84. The van der Waals surface area contributed by atoms with E-state index in [-0.39, 0.29) is 42.2 Å². The van der Waals surface area contributed by atoms with Crippen LogP contribution in [0.1, 0.15) is 54.1 Å². The van der Waals surface area contributed by atoms with Crippen LogP contribution < -0.4 is 16.6 Å². The molecule has 2 aromatic heterocycles. The molecule has 3 aliphatic rings. The summed E-state index contributed by atoms with van der Waals surface area (Å²) in [5.41, 5.74) is 7.23. The van der Waals surface area contributed by atoms with Crippen LogP contribution in [0.2, 0.25) is 0 Å². The molecule has 1 unspecified atom stereocenters. The Bertz CT molecular complexity index is 1620. The summed E-state index contributed by atoms with van der Waals surface area (Å²) in [5.74, 6) is -1.06. The van der Waals surface area contributed by atoms with Gasteiger partial charge in [0.2, 0.25) is 5.91 Å². The zero-order valence-corrected chi connectivity index (χ0v) is 21.3. The smallest absolute Gasteiger partial charge is 0.343 e. The quantitative estimate of drug-likeness (QED) is 0.347. The highest BCUT2D eigenvalue weighted by Gasteiger charge is 2.46. The maximum absolute atomic E-state index is 14.9. The molecule has 0 spiro atoms. The molecule has 6 rings (SSSR count). The number of aromatic nitrogens is 2. The lowest BCUT2D eigenvalue weighted by molar-refractivity contribution is -0.172. The van der Waals surface area contributed by atoms with Crippen LogP contribution in [0.15, 0.2) is 21.8 Å². The van der Waals surface area contributed by atoms with Gasteiger partial charge in [0.25, 0.3) is 5.56 Å². The van der Waals surface area contributed by atoms with Gasteiger partial charge in [-0.05, 0) is 37.5 Å². The van der Waals surface area contributed by atoms with Gasteiger partial charge in [-0.25, -0.2) is 14.2 Å². The number of fused-ring (bicyclic) bond motifs is 5. The van der Waals surface area contributed by atoms with E-state index in [1.807, 2.05) is 0 Å². The number of thioether (sulfide) groups is 1. The predicted molar refractivity (Wildman–Crippen MR) is 134 cm³/mol. The molecule has 0 aliphatic carbocycles. The van der Waals surface area contributed by atoms with Gasteiger partial charge in [-0.3, -0.25) is 9.59 Å². The minimum Gasteiger partial charge on any atom is -0.458 e. The van der Waals surface area contributed by atoms with Gasteiger partial charge in [0.1, 0.15) is 12.4 Å². The zero-order valence-electron chi connectivity index (χ0n) is 20.5. The number of hydrogen-bond acceptors (Lipinski definition) is 8. The second-order valence-corrected chi connectivity index (χ2v) is 10.9. The maximum atomic E-state index is 14.9. The highest BCUT2D eigenvalue weighted by molar-refractivity contribution is 7.99. The second-order valence-electron chi connectivity index (χ2n) is 9.82. The molecule has 3 aromatic rings. The zero-order chi connectivity index (χ0) is 26.4. The van der Waals surface area contributed by atoms with Gasteiger partial charge in [-0.2, -0.15) is 0 Å². The lowest BCUT2D eigenvalue weighted by atomic mass is 9.86. The highest BCUT2D eigenvalue weighted by atomic mass is 32.2. The standard InChI is InChI=1S/C26H25FN4O5S/c1-4-26(35)14-5-18-21-12(7-31(18)24(33)13(14)8-36-25(26)34)19-17(30-23(32)11(3)28)9-37-22-10(2)15(27)6-16(29-21)20(19)22/h5-6,11,17,35H,4,7-9,28H2,1-3H3,(H,30,32)/t11?,17-,26+/m1/s1. The van der Waals surface area contributed by atoms with E-state index in [1.54, 1.807) is 26.8 Å². The van der Waals surface area contributed by atoms with Crippen molar-refractivity contribution < 1.29 is 23.8 Å². The van der Waals surface area contributed by atoms with Gasteiger partial charge in [-0.1, -0.05) is 6.92 Å². The van der Waals surface area contributed by atoms with E-state index in [2.05, 4.69) is 5.32 Å². The van der Waals surface area contributed by atoms with E-state index in [4.69, 9.17) is 15.5 Å². The molecule has 5 heterocycles. The second kappa shape index (κ2) is 8.11. The molecular weight excluding hydrogens is 499 g/mol. The third-order valence-electron chi connectivity index (χ3n) is 7.63. The van der Waals surface area contributed by atoms with Gasteiger partial charge in [0.05, 0.1) is 41.1 Å². The lowest BCUT2D eigenvalue weighted by Crippen LogP contribution is -2.44. The number of cyclic esters (lactones) is 1. The number of ether oxygens (including phenoxy) is 1. The van der Waals surface area contributed by atoms with Crippen LogP contribution in [0, 0.1) is 12.7 Å². The SMILES string of the molecule is CC[C@@]1(O)C(=O)OCc2c1cc1n(c2=O)Cc2c-1nc1cc(F)c(C)c3c1c2[C@H](NC(=O)C(C)N)CS3. The van der Waals surface area contributed by atoms with Crippen molar-refractivity contribution in [3.05, 3.63) is 56.1 Å². The Hall–Kier alpha value is -3.28. The third kappa shape index (κ3) is 3.23. The monoisotopic (exact) mass is 524 g/mol. The first-order valence-electron chi connectivity index (χ1n) is 12.1. The molecule has 37 heavy (non-hydrogen) atoms. The number of amides is 1. The molecule has 1 amide bonds. The maximum Gasteiger partial charge on any atom is 0.343 e. The number of halogens is 1. The molecule has 1 aromatic carbocycles. The van der Waals surface area contributed by atoms with Crippen LogP contribution in [0.25, 0.3) is 22.3 Å². The van der Waals surface area contributed by atoms with Crippen LogP contribution in [-0.2, 0) is 33.1 Å². The minimum atomic E-state index is -1.95. The predicted octanol–water partition coefficient (Wildman–Crippen LogP) is 2.14. The number of esters is 1. The highest BCUT2D eigenvalue weighted by Crippen LogP contribution is 2.48. The van der Waals surface area contributed by atoms with Crippen LogP contribution in [0.3, 0.4) is 0 Å². The molecule has 3 aliphatic heterocycles. The minimum absolute atomic E-state index is 0.0292. The normalized spacial score (nSPS) is 22.2. The number of aliphatic hydroxyl groups is 1. The van der Waals surface area contributed by atoms with E-state index >= 15 is 0 Å². The molecule has 0 saturated heterocycles. The van der Waals surface area contributed by atoms with Crippen molar-refractivity contribution in [3.63, 3.8) is 0 Å². The molecule has 4 N–H and O–H groups in total. The molecular formula is C26H25FN4O5S. The summed E-state index contributed by atoms with van der Waals surface area (Å²) >= 11 is 1.45. The number of carbonyl (C=O) groups excluding carboxylic acids is 2. The molecule has 0 fully saturated rings. The Morgan fingerprint density at radius 2 is 2.16 bits per heavy atom. The molecule has 0 bridgehead atoms. The fraction of sp³-hybridized carbons (Fsp3) is 0.385. The van der Waals surface area contributed by atoms with Gasteiger partial charge in [-0.15, -0.1) is 11.8 Å². The Morgan fingerprint density at radius 1 is 1.41 bits per heavy atom. The Balaban J connectivity index is 1.65. The Morgan fingerprint density at radius 3 is 2.86 bits per heavy atom. The summed E-state index contributed by atoms with van der Waals surface area (Å²) in [7, 11) is 0. The third-order valence-corrected chi connectivity index (χ3v) is 8.93. The molecule has 0 radical (unpaired) electrons. The first-order valence-corrected chi connectivity index (χ1v) is 13.1. The summed E-state index contributed by atoms with van der Waals surface area (Å²) in [5, 5.41) is 14.9. The number of nitrogens with zero attached hydrogens (tertiary/aromatic N) is 2. The summed E-state index contributed by atoms with van der Waals surface area (Å²) in [6.07, 6.45) is 0.0292. The van der Waals surface area contributed by atoms with Crippen molar-refractivity contribution in [1.82, 2.24) is 14.9 Å². The summed E-state index contributed by atoms with van der Waals surface area (Å²) in [4.78, 5) is 44.2. The van der Waals surface area contributed by atoms with Gasteiger partial charge in [0.15, 0.2) is 5.60 Å². The average Bonchev–Trinajstić information content (AvgIpc) is 3.24. The van der Waals surface area contributed by atoms with Crippen molar-refractivity contribution in [1.29, 1.82) is 0 Å². The number of pyridine rings is 2. The summed E-state index contributed by atoms with van der Waals surface area (Å²) < 4.78 is 21.6. The van der Waals surface area contributed by atoms with Crippen LogP contribution in [0.5, 0.6) is 0 Å². The topological polar surface area (TPSA) is 137 Å². The van der Waals surface area contributed by atoms with Crippen molar-refractivity contribution >= 4 is 34.5 Å². The Kier molecular flexibility index (Phi) is 5.28. The number of benzene rings is 1. The van der Waals surface area contributed by atoms with Crippen molar-refractivity contribution in [2.75, 3.05) is 5.75 Å². The van der Waals surface area contributed by atoms with E-state index < -0.39 is 29.5 Å². The van der Waals surface area contributed by atoms with Crippen molar-refractivity contribution in [2.24, 2.45) is 5.73 Å². The van der Waals surface area contributed by atoms with Gasteiger partial charge < -0.3 is 25.5 Å². The number of nitrogens with two attached hydrogens (primary N) is 1. The van der Waals surface area contributed by atoms with Crippen LogP contribution >= 0.6 is 11.8 Å². The first kappa shape index (κ1) is 24.1. The number of hydrogen-bond donors (Lipinski definition) is 3. The van der Waals surface area contributed by atoms with E-state index in [0.29, 0.717) is 28.2 Å². The largest absolute Gasteiger partial charge is 0.458 e. The van der Waals surface area contributed by atoms with Crippen molar-refractivity contribution in [3.8, 4) is 11.4 Å². The lowest BCUT2D eigenvalue weighted by Gasteiger charge is -2.31. The number of rotatable bonds is 3. The van der Waals surface area contributed by atoms with E-state index in [1.165, 1.54) is 22.4 Å². The van der Waals surface area contributed by atoms with E-state index in [0.717, 1.165) is 21.4 Å². The fourth-order valence-electron chi connectivity index (χ4n) is 5.54.